The third kappa shape index (κ3) is 4.25. The van der Waals surface area contributed by atoms with E-state index in [1.807, 2.05) is 0 Å². The molecule has 1 rings (SSSR count). The van der Waals surface area contributed by atoms with Gasteiger partial charge in [0.2, 0.25) is 5.82 Å². The lowest BCUT2D eigenvalue weighted by atomic mass is 10.1. The van der Waals surface area contributed by atoms with Gasteiger partial charge < -0.3 is 4.74 Å². The molecular weight excluding hydrogens is 305 g/mol. The zero-order valence-electron chi connectivity index (χ0n) is 10.1. The first kappa shape index (κ1) is 14.9. The Balaban J connectivity index is 2.63. The van der Waals surface area contributed by atoms with Crippen LogP contribution >= 0.6 is 15.9 Å². The number of hydrogen-bond acceptors (Lipinski definition) is 3. The van der Waals surface area contributed by atoms with Gasteiger partial charge in [0.1, 0.15) is 5.75 Å². The van der Waals surface area contributed by atoms with Crippen molar-refractivity contribution in [1.29, 1.82) is 0 Å². The first-order valence-corrected chi connectivity index (χ1v) is 6.83. The number of benzene rings is 1. The number of alkyl halides is 1. The average molecular weight is 320 g/mol. The summed E-state index contributed by atoms with van der Waals surface area (Å²) in [4.78, 5) is 9.70. The minimum atomic E-state index is -0.872. The highest BCUT2D eigenvalue weighted by molar-refractivity contribution is 9.09. The maximum atomic E-state index is 13.3. The molecule has 0 aromatic heterocycles. The third-order valence-corrected chi connectivity index (χ3v) is 3.43. The van der Waals surface area contributed by atoms with Gasteiger partial charge in [-0.1, -0.05) is 29.3 Å². The molecule has 6 heteroatoms. The molecule has 0 N–H and O–H groups in total. The maximum Gasteiger partial charge on any atom is 0.305 e. The quantitative estimate of drug-likeness (QED) is 0.435. The van der Waals surface area contributed by atoms with E-state index in [1.54, 1.807) is 0 Å². The average Bonchev–Trinajstić information content (AvgIpc) is 2.34. The van der Waals surface area contributed by atoms with Gasteiger partial charge in [0.15, 0.2) is 0 Å². The molecule has 1 unspecified atom stereocenters. The Bertz CT molecular complexity index is 414. The van der Waals surface area contributed by atoms with Crippen LogP contribution in [0.3, 0.4) is 0 Å². The number of ether oxygens (including phenoxy) is 1. The zero-order valence-corrected chi connectivity index (χ0v) is 11.7. The molecule has 1 atom stereocenters. The number of nitrogens with zero attached hydrogens (tertiary/aromatic N) is 1. The molecule has 0 heterocycles. The second-order valence-corrected chi connectivity index (χ2v) is 4.64. The number of halogens is 2. The fourth-order valence-corrected chi connectivity index (χ4v) is 2.06. The van der Waals surface area contributed by atoms with Gasteiger partial charge in [0.25, 0.3) is 0 Å². The molecule has 1 aromatic rings. The number of hydrogen-bond donors (Lipinski definition) is 0. The van der Waals surface area contributed by atoms with Crippen molar-refractivity contribution in [2.75, 3.05) is 11.9 Å². The summed E-state index contributed by atoms with van der Waals surface area (Å²) in [5.74, 6) is -0.197. The topological polar surface area (TPSA) is 52.4 Å². The van der Waals surface area contributed by atoms with Gasteiger partial charge in [-0.3, -0.25) is 10.1 Å². The zero-order chi connectivity index (χ0) is 13.5. The molecule has 0 aliphatic carbocycles. The van der Waals surface area contributed by atoms with Crippen LogP contribution in [0, 0.1) is 21.8 Å². The van der Waals surface area contributed by atoms with Gasteiger partial charge in [0, 0.05) is 23.4 Å². The van der Waals surface area contributed by atoms with Crippen molar-refractivity contribution in [3.8, 4) is 5.75 Å². The molecule has 4 nitrogen and oxygen atoms in total. The van der Waals surface area contributed by atoms with Crippen LogP contribution in [0.5, 0.6) is 5.75 Å². The standard InChI is InChI=1S/C12H15BrFNO3/c1-2-3-9(7-13)8-18-10-4-5-12(15(16)17)11(14)6-10/h4-6,9H,2-3,7-8H2,1H3. The van der Waals surface area contributed by atoms with E-state index in [0.717, 1.165) is 30.3 Å². The normalized spacial score (nSPS) is 12.2. The summed E-state index contributed by atoms with van der Waals surface area (Å²) in [5, 5.41) is 11.3. The molecule has 18 heavy (non-hydrogen) atoms. The smallest absolute Gasteiger partial charge is 0.305 e. The van der Waals surface area contributed by atoms with Crippen molar-refractivity contribution in [2.45, 2.75) is 19.8 Å². The monoisotopic (exact) mass is 319 g/mol. The molecule has 0 bridgehead atoms. The molecule has 0 fully saturated rings. The summed E-state index contributed by atoms with van der Waals surface area (Å²) >= 11 is 3.39. The highest BCUT2D eigenvalue weighted by Crippen LogP contribution is 2.23. The van der Waals surface area contributed by atoms with Crippen molar-refractivity contribution in [2.24, 2.45) is 5.92 Å². The second kappa shape index (κ2) is 7.31. The highest BCUT2D eigenvalue weighted by Gasteiger charge is 2.15. The van der Waals surface area contributed by atoms with Crippen LogP contribution in [0.15, 0.2) is 18.2 Å². The van der Waals surface area contributed by atoms with Crippen molar-refractivity contribution < 1.29 is 14.1 Å². The first-order valence-electron chi connectivity index (χ1n) is 5.71. The Morgan fingerprint density at radius 1 is 1.56 bits per heavy atom. The summed E-state index contributed by atoms with van der Waals surface area (Å²) < 4.78 is 18.8. The van der Waals surface area contributed by atoms with Gasteiger partial charge in [-0.2, -0.15) is 4.39 Å². The highest BCUT2D eigenvalue weighted by atomic mass is 79.9. The lowest BCUT2D eigenvalue weighted by molar-refractivity contribution is -0.387. The van der Waals surface area contributed by atoms with Gasteiger partial charge in [-0.05, 0) is 12.5 Å². The van der Waals surface area contributed by atoms with E-state index in [-0.39, 0.29) is 0 Å². The van der Waals surface area contributed by atoms with Crippen LogP contribution in [-0.4, -0.2) is 16.9 Å². The van der Waals surface area contributed by atoms with Crippen LogP contribution in [0.1, 0.15) is 19.8 Å². The van der Waals surface area contributed by atoms with Gasteiger partial charge in [-0.25, -0.2) is 0 Å². The van der Waals surface area contributed by atoms with E-state index in [9.17, 15) is 14.5 Å². The minimum absolute atomic E-state index is 0.320. The molecule has 0 spiro atoms. The van der Waals surface area contributed by atoms with E-state index in [0.29, 0.717) is 18.3 Å². The largest absolute Gasteiger partial charge is 0.493 e. The Morgan fingerprint density at radius 2 is 2.28 bits per heavy atom. The van der Waals surface area contributed by atoms with Crippen molar-refractivity contribution in [1.82, 2.24) is 0 Å². The molecule has 100 valence electrons. The molecule has 0 saturated heterocycles. The Kier molecular flexibility index (Phi) is 6.04. The lowest BCUT2D eigenvalue weighted by Gasteiger charge is -2.14. The molecule has 1 aromatic carbocycles. The van der Waals surface area contributed by atoms with E-state index in [4.69, 9.17) is 4.74 Å². The SMILES string of the molecule is CCCC(CBr)COc1ccc([N+](=O)[O-])c(F)c1. The molecular formula is C12H15BrFNO3. The van der Waals surface area contributed by atoms with Crippen LogP contribution in [0.25, 0.3) is 0 Å². The second-order valence-electron chi connectivity index (χ2n) is 3.99. The lowest BCUT2D eigenvalue weighted by Crippen LogP contribution is -2.13. The summed E-state index contributed by atoms with van der Waals surface area (Å²) in [6, 6.07) is 3.58. The molecule has 0 amide bonds. The predicted octanol–water partition coefficient (Wildman–Crippen LogP) is 3.92. The van der Waals surface area contributed by atoms with E-state index in [2.05, 4.69) is 22.9 Å². The predicted molar refractivity (Wildman–Crippen MR) is 70.7 cm³/mol. The van der Waals surface area contributed by atoms with E-state index >= 15 is 0 Å². The van der Waals surface area contributed by atoms with Gasteiger partial charge in [0.05, 0.1) is 11.5 Å². The number of rotatable bonds is 7. The fourth-order valence-electron chi connectivity index (χ4n) is 1.55. The van der Waals surface area contributed by atoms with E-state index < -0.39 is 16.4 Å². The third-order valence-electron chi connectivity index (χ3n) is 2.52. The summed E-state index contributed by atoms with van der Waals surface area (Å²) in [6.07, 6.45) is 2.06. The first-order chi connectivity index (χ1) is 8.58. The van der Waals surface area contributed by atoms with Crippen molar-refractivity contribution in [3.63, 3.8) is 0 Å². The van der Waals surface area contributed by atoms with Crippen molar-refractivity contribution >= 4 is 21.6 Å². The Hall–Kier alpha value is -1.17. The van der Waals surface area contributed by atoms with E-state index in [1.165, 1.54) is 6.07 Å². The Labute approximate surface area is 113 Å². The number of nitro groups is 1. The van der Waals surface area contributed by atoms with Crippen molar-refractivity contribution in [3.05, 3.63) is 34.1 Å². The van der Waals surface area contributed by atoms with Gasteiger partial charge in [-0.15, -0.1) is 0 Å². The fraction of sp³-hybridized carbons (Fsp3) is 0.500. The molecule has 0 aliphatic rings. The summed E-state index contributed by atoms with van der Waals surface area (Å²) in [6.45, 7) is 2.55. The van der Waals surface area contributed by atoms with Gasteiger partial charge >= 0.3 is 5.69 Å². The summed E-state index contributed by atoms with van der Waals surface area (Å²) in [7, 11) is 0. The minimum Gasteiger partial charge on any atom is -0.493 e. The van der Waals surface area contributed by atoms with Crippen LogP contribution < -0.4 is 4.74 Å². The van der Waals surface area contributed by atoms with Crippen LogP contribution in [-0.2, 0) is 0 Å². The molecule has 0 saturated carbocycles. The Morgan fingerprint density at radius 3 is 2.78 bits per heavy atom. The summed E-state index contributed by atoms with van der Waals surface area (Å²) in [5.41, 5.74) is -0.534. The van der Waals surface area contributed by atoms with Crippen LogP contribution in [0.4, 0.5) is 10.1 Å². The maximum absolute atomic E-state index is 13.3. The molecule has 0 radical (unpaired) electrons. The molecule has 0 aliphatic heterocycles. The number of nitro benzene ring substituents is 1. The van der Waals surface area contributed by atoms with Crippen LogP contribution in [0.2, 0.25) is 0 Å².